The Hall–Kier alpha value is -10.4. The first-order valence-electron chi connectivity index (χ1n) is 32.5. The molecule has 0 bridgehead atoms. The number of aryl methyl sites for hydroxylation is 2. The fourth-order valence-corrected chi connectivity index (χ4v) is 12.9. The maximum atomic E-state index is 2.41. The van der Waals surface area contributed by atoms with E-state index in [1.807, 2.05) is 55.4 Å². The highest BCUT2D eigenvalue weighted by molar-refractivity contribution is 6.24. The Morgan fingerprint density at radius 2 is 0.367 bits per heavy atom. The third-order valence-electron chi connectivity index (χ3n) is 16.9. The smallest absolute Gasteiger partial charge is 0.00259 e. The molecule has 0 aliphatic rings. The lowest BCUT2D eigenvalue weighted by Gasteiger charge is -2.20. The molecule has 16 aromatic rings. The Labute approximate surface area is 533 Å². The van der Waals surface area contributed by atoms with Crippen LogP contribution in [0.25, 0.3) is 153 Å². The van der Waals surface area contributed by atoms with Gasteiger partial charge < -0.3 is 0 Å². The molecule has 0 spiro atoms. The zero-order valence-electron chi connectivity index (χ0n) is 53.9. The fourth-order valence-electron chi connectivity index (χ4n) is 12.9. The summed E-state index contributed by atoms with van der Waals surface area (Å²) in [5, 5.41) is 20.4. The van der Waals surface area contributed by atoms with E-state index in [9.17, 15) is 0 Å². The summed E-state index contributed by atoms with van der Waals surface area (Å²) in [7, 11) is 0. The first-order chi connectivity index (χ1) is 44.5. The van der Waals surface area contributed by atoms with Gasteiger partial charge in [-0.2, -0.15) is 0 Å². The van der Waals surface area contributed by atoms with Crippen LogP contribution in [0, 0.1) is 13.8 Å². The Kier molecular flexibility index (Phi) is 19.2. The molecule has 0 aliphatic heterocycles. The summed E-state index contributed by atoms with van der Waals surface area (Å²) in [4.78, 5) is 0. The summed E-state index contributed by atoms with van der Waals surface area (Å²) in [5.74, 6) is 0. The summed E-state index contributed by atoms with van der Waals surface area (Å²) in [5.41, 5.74) is 17.6. The SMILES string of the molecule is CC.CC.CC.CC.Cc1ccc2c(-c3ccc4ccccc4c3)c3cc(C)ccc3c(-c3ccc4ccccc4c3)c2c1.c1ccc(-c2ccc3c(-c4ccc5ccccc5c4)c4cc(-c5ccccc5)ccc4c(-c4ccc5ccccc5c4)c3c2)cc1. The van der Waals surface area contributed by atoms with Crippen molar-refractivity contribution in [1.29, 1.82) is 0 Å². The largest absolute Gasteiger partial charge is 0.0683 e. The predicted molar refractivity (Wildman–Crippen MR) is 400 cm³/mol. The molecule has 0 aliphatic carbocycles. The average molecular weight is 1160 g/mol. The zero-order chi connectivity index (χ0) is 62.7. The second kappa shape index (κ2) is 28.2. The monoisotopic (exact) mass is 1160 g/mol. The standard InChI is InChI=1S/C46H30.C36H26.4C2H6/c1-3-11-31(12-4-1)37-23-25-41-43(29-37)45(39-21-19-33-15-7-9-17-35(33)27-39)42-26-24-38(32-13-5-2-6-14-32)30-44(42)46(41)40-22-20-34-16-8-10-18-36(34)28-40;1-23-11-17-31-33(19-23)35(29-15-13-25-7-3-5-9-27(25)21-29)32-18-12-24(2)20-34(32)36(31)30-16-14-26-8-4-6-10-28(26)22-30;4*1-2/h1-30H;3-22H,1-2H3;4*1-2H3. The van der Waals surface area contributed by atoms with E-state index in [-0.39, 0.29) is 0 Å². The molecule has 90 heavy (non-hydrogen) atoms. The molecule has 0 aromatic heterocycles. The third kappa shape index (κ3) is 12.1. The van der Waals surface area contributed by atoms with Crippen LogP contribution >= 0.6 is 0 Å². The summed E-state index contributed by atoms with van der Waals surface area (Å²) in [6.45, 7) is 20.4. The number of rotatable bonds is 6. The lowest BCUT2D eigenvalue weighted by molar-refractivity contribution is 1.49. The highest BCUT2D eigenvalue weighted by Gasteiger charge is 2.21. The maximum Gasteiger partial charge on any atom is -0.00259 e. The third-order valence-corrected chi connectivity index (χ3v) is 16.9. The summed E-state index contributed by atoms with van der Waals surface area (Å²) in [6.07, 6.45) is 0. The van der Waals surface area contributed by atoms with E-state index in [2.05, 4.69) is 317 Å². The van der Waals surface area contributed by atoms with Gasteiger partial charge in [0.15, 0.2) is 0 Å². The lowest BCUT2D eigenvalue weighted by atomic mass is 9.83. The Bertz CT molecular complexity index is 4830. The quantitative estimate of drug-likeness (QED) is 0.146. The number of benzene rings is 16. The first kappa shape index (κ1) is 61.3. The summed E-state index contributed by atoms with van der Waals surface area (Å²) >= 11 is 0. The molecule has 0 saturated carbocycles. The van der Waals surface area contributed by atoms with Crippen molar-refractivity contribution in [3.05, 3.63) is 314 Å². The van der Waals surface area contributed by atoms with Crippen LogP contribution in [0.1, 0.15) is 66.5 Å². The minimum Gasteiger partial charge on any atom is -0.0683 e. The van der Waals surface area contributed by atoms with E-state index < -0.39 is 0 Å². The molecule has 0 atom stereocenters. The minimum atomic E-state index is 1.22. The molecule has 16 rings (SSSR count). The first-order valence-corrected chi connectivity index (χ1v) is 32.5. The normalized spacial score (nSPS) is 10.8. The lowest BCUT2D eigenvalue weighted by Crippen LogP contribution is -1.93. The van der Waals surface area contributed by atoms with E-state index in [1.54, 1.807) is 0 Å². The molecule has 0 amide bonds. The van der Waals surface area contributed by atoms with Gasteiger partial charge in [-0.3, -0.25) is 0 Å². The van der Waals surface area contributed by atoms with Gasteiger partial charge in [0.25, 0.3) is 0 Å². The molecular weight excluding hydrogens is 1080 g/mol. The van der Waals surface area contributed by atoms with Crippen LogP contribution in [0.5, 0.6) is 0 Å². The fraction of sp³-hybridized carbons (Fsp3) is 0.111. The zero-order valence-corrected chi connectivity index (χ0v) is 53.9. The van der Waals surface area contributed by atoms with Crippen LogP contribution in [-0.4, -0.2) is 0 Å². The van der Waals surface area contributed by atoms with Crippen molar-refractivity contribution in [2.75, 3.05) is 0 Å². The predicted octanol–water partition coefficient (Wildman–Crippen LogP) is 27.3. The van der Waals surface area contributed by atoms with Crippen LogP contribution in [0.3, 0.4) is 0 Å². The maximum absolute atomic E-state index is 2.41. The second-order valence-electron chi connectivity index (χ2n) is 22.1. The second-order valence-corrected chi connectivity index (χ2v) is 22.1. The minimum absolute atomic E-state index is 1.22. The van der Waals surface area contributed by atoms with Crippen LogP contribution in [0.2, 0.25) is 0 Å². The Morgan fingerprint density at radius 1 is 0.144 bits per heavy atom. The van der Waals surface area contributed by atoms with Gasteiger partial charge in [-0.1, -0.05) is 333 Å². The Balaban J connectivity index is 0.000000171. The van der Waals surface area contributed by atoms with Gasteiger partial charge in [-0.05, 0) is 203 Å². The van der Waals surface area contributed by atoms with Gasteiger partial charge in [0.05, 0.1) is 0 Å². The van der Waals surface area contributed by atoms with Gasteiger partial charge in [0, 0.05) is 0 Å². The van der Waals surface area contributed by atoms with Crippen molar-refractivity contribution in [1.82, 2.24) is 0 Å². The van der Waals surface area contributed by atoms with E-state index in [0.29, 0.717) is 0 Å². The van der Waals surface area contributed by atoms with Crippen molar-refractivity contribution in [3.8, 4) is 66.8 Å². The molecular formula is C90H80. The van der Waals surface area contributed by atoms with Gasteiger partial charge in [-0.15, -0.1) is 0 Å². The molecule has 0 radical (unpaired) electrons. The molecule has 0 heteroatoms. The summed E-state index contributed by atoms with van der Waals surface area (Å²) < 4.78 is 0. The van der Waals surface area contributed by atoms with Crippen LogP contribution in [0.15, 0.2) is 303 Å². The van der Waals surface area contributed by atoms with Gasteiger partial charge in [0.2, 0.25) is 0 Å². The molecule has 0 fully saturated rings. The molecule has 0 unspecified atom stereocenters. The van der Waals surface area contributed by atoms with E-state index in [0.717, 1.165) is 0 Å². The number of hydrogen-bond acceptors (Lipinski definition) is 0. The highest BCUT2D eigenvalue weighted by atomic mass is 14.2. The van der Waals surface area contributed by atoms with Crippen molar-refractivity contribution in [2.24, 2.45) is 0 Å². The van der Waals surface area contributed by atoms with Crippen molar-refractivity contribution < 1.29 is 0 Å². The van der Waals surface area contributed by atoms with E-state index >= 15 is 0 Å². The van der Waals surface area contributed by atoms with Crippen molar-refractivity contribution >= 4 is 86.2 Å². The number of fused-ring (bicyclic) bond motifs is 8. The number of hydrogen-bond donors (Lipinski definition) is 0. The van der Waals surface area contributed by atoms with Crippen LogP contribution in [-0.2, 0) is 0 Å². The molecule has 440 valence electrons. The van der Waals surface area contributed by atoms with E-state index in [1.165, 1.54) is 164 Å². The average Bonchev–Trinajstić information content (AvgIpc) is 1.32. The van der Waals surface area contributed by atoms with Crippen LogP contribution < -0.4 is 0 Å². The molecule has 0 saturated heterocycles. The molecule has 0 heterocycles. The topological polar surface area (TPSA) is 0 Å². The van der Waals surface area contributed by atoms with Gasteiger partial charge >= 0.3 is 0 Å². The molecule has 0 nitrogen and oxygen atoms in total. The van der Waals surface area contributed by atoms with Gasteiger partial charge in [0.1, 0.15) is 0 Å². The molecule has 16 aromatic carbocycles. The van der Waals surface area contributed by atoms with Crippen molar-refractivity contribution in [2.45, 2.75) is 69.2 Å². The summed E-state index contributed by atoms with van der Waals surface area (Å²) in [6, 6.07) is 112. The van der Waals surface area contributed by atoms with Crippen molar-refractivity contribution in [3.63, 3.8) is 0 Å². The Morgan fingerprint density at radius 3 is 0.644 bits per heavy atom. The highest BCUT2D eigenvalue weighted by Crippen LogP contribution is 2.48. The van der Waals surface area contributed by atoms with Gasteiger partial charge in [-0.25, -0.2) is 0 Å². The van der Waals surface area contributed by atoms with Crippen LogP contribution in [0.4, 0.5) is 0 Å². The van der Waals surface area contributed by atoms with E-state index in [4.69, 9.17) is 0 Å². The molecule has 0 N–H and O–H groups in total.